The first-order chi connectivity index (χ1) is 14.5. The van der Waals surface area contributed by atoms with Crippen molar-refractivity contribution in [3.8, 4) is 5.75 Å². The van der Waals surface area contributed by atoms with Gasteiger partial charge in [-0.2, -0.15) is 0 Å². The van der Waals surface area contributed by atoms with Crippen molar-refractivity contribution < 1.29 is 9.53 Å². The predicted octanol–water partition coefficient (Wildman–Crippen LogP) is 4.51. The van der Waals surface area contributed by atoms with Gasteiger partial charge in [0.25, 0.3) is 5.56 Å². The number of nitrogens with zero attached hydrogens (tertiary/aromatic N) is 1. The summed E-state index contributed by atoms with van der Waals surface area (Å²) in [7, 11) is 0. The summed E-state index contributed by atoms with van der Waals surface area (Å²) in [6.45, 7) is 6.19. The van der Waals surface area contributed by atoms with Crippen LogP contribution in [0.2, 0.25) is 0 Å². The molecule has 7 heteroatoms. The SMILES string of the molecule is CCOc1ccccc1NC(=O)Cc1c(C)nc(SC(C)c2ccccc2)[nH]c1=O. The summed E-state index contributed by atoms with van der Waals surface area (Å²) >= 11 is 1.48. The summed E-state index contributed by atoms with van der Waals surface area (Å²) in [6.07, 6.45) is -0.0617. The number of nitrogens with one attached hydrogen (secondary N) is 2. The van der Waals surface area contributed by atoms with Crippen LogP contribution in [-0.2, 0) is 11.2 Å². The number of para-hydroxylation sites is 2. The third-order valence-electron chi connectivity index (χ3n) is 4.56. The first kappa shape index (κ1) is 21.6. The first-order valence-corrected chi connectivity index (χ1v) is 10.7. The van der Waals surface area contributed by atoms with Crippen LogP contribution in [0.3, 0.4) is 0 Å². The molecule has 0 radical (unpaired) electrons. The minimum atomic E-state index is -0.296. The molecule has 3 rings (SSSR count). The van der Waals surface area contributed by atoms with Gasteiger partial charge in [0, 0.05) is 16.5 Å². The van der Waals surface area contributed by atoms with Crippen molar-refractivity contribution in [3.63, 3.8) is 0 Å². The average molecular weight is 424 g/mol. The summed E-state index contributed by atoms with van der Waals surface area (Å²) in [4.78, 5) is 32.5. The molecule has 0 saturated heterocycles. The van der Waals surface area contributed by atoms with E-state index in [2.05, 4.69) is 22.2 Å². The van der Waals surface area contributed by atoms with Crippen LogP contribution in [0.25, 0.3) is 0 Å². The molecule has 2 N–H and O–H groups in total. The van der Waals surface area contributed by atoms with Gasteiger partial charge in [-0.15, -0.1) is 0 Å². The number of carbonyl (C=O) groups is 1. The van der Waals surface area contributed by atoms with Gasteiger partial charge in [0.1, 0.15) is 5.75 Å². The fourth-order valence-electron chi connectivity index (χ4n) is 3.01. The molecule has 2 aromatic carbocycles. The zero-order valence-electron chi connectivity index (χ0n) is 17.3. The molecule has 0 bridgehead atoms. The van der Waals surface area contributed by atoms with E-state index in [0.29, 0.717) is 34.5 Å². The van der Waals surface area contributed by atoms with Crippen molar-refractivity contribution in [3.05, 3.63) is 81.8 Å². The molecule has 3 aromatic rings. The Morgan fingerprint density at radius 2 is 1.87 bits per heavy atom. The van der Waals surface area contributed by atoms with Gasteiger partial charge in [0.05, 0.1) is 18.7 Å². The van der Waals surface area contributed by atoms with E-state index in [1.165, 1.54) is 11.8 Å². The van der Waals surface area contributed by atoms with E-state index in [4.69, 9.17) is 4.74 Å². The van der Waals surface area contributed by atoms with Crippen LogP contribution in [0, 0.1) is 6.92 Å². The number of benzene rings is 2. The van der Waals surface area contributed by atoms with Crippen molar-refractivity contribution in [2.24, 2.45) is 0 Å². The van der Waals surface area contributed by atoms with E-state index in [9.17, 15) is 9.59 Å². The molecular formula is C23H25N3O3S. The molecule has 0 fully saturated rings. The highest BCUT2D eigenvalue weighted by atomic mass is 32.2. The number of ether oxygens (including phenoxy) is 1. The normalized spacial score (nSPS) is 11.7. The lowest BCUT2D eigenvalue weighted by Gasteiger charge is -2.13. The standard InChI is InChI=1S/C23H25N3O3S/c1-4-29-20-13-9-8-12-19(20)25-21(27)14-18-15(2)24-23(26-22(18)28)30-16(3)17-10-6-5-7-11-17/h5-13,16H,4,14H2,1-3H3,(H,25,27)(H,24,26,28). The van der Waals surface area contributed by atoms with Crippen molar-refractivity contribution in [1.82, 2.24) is 9.97 Å². The number of aromatic nitrogens is 2. The fourth-order valence-corrected chi connectivity index (χ4v) is 3.98. The van der Waals surface area contributed by atoms with Crippen LogP contribution >= 0.6 is 11.8 Å². The van der Waals surface area contributed by atoms with Crippen molar-refractivity contribution >= 4 is 23.4 Å². The Balaban J connectivity index is 1.71. The molecular weight excluding hydrogens is 398 g/mol. The van der Waals surface area contributed by atoms with E-state index in [-0.39, 0.29) is 23.1 Å². The van der Waals surface area contributed by atoms with Crippen molar-refractivity contribution in [2.75, 3.05) is 11.9 Å². The summed E-state index contributed by atoms with van der Waals surface area (Å²) in [5.74, 6) is 0.300. The summed E-state index contributed by atoms with van der Waals surface area (Å²) in [5.41, 5.74) is 2.35. The predicted molar refractivity (Wildman–Crippen MR) is 120 cm³/mol. The van der Waals surface area contributed by atoms with Gasteiger partial charge in [0.15, 0.2) is 5.16 Å². The van der Waals surface area contributed by atoms with Gasteiger partial charge in [0.2, 0.25) is 5.91 Å². The number of hydrogen-bond donors (Lipinski definition) is 2. The molecule has 30 heavy (non-hydrogen) atoms. The number of rotatable bonds is 8. The fraction of sp³-hybridized carbons (Fsp3) is 0.261. The van der Waals surface area contributed by atoms with Crippen LogP contribution in [0.4, 0.5) is 5.69 Å². The van der Waals surface area contributed by atoms with Crippen molar-refractivity contribution in [2.45, 2.75) is 37.6 Å². The Morgan fingerprint density at radius 3 is 2.57 bits per heavy atom. The van der Waals surface area contributed by atoms with Crippen LogP contribution in [0.5, 0.6) is 5.75 Å². The second kappa shape index (κ2) is 10.1. The molecule has 1 heterocycles. The second-order valence-electron chi connectivity index (χ2n) is 6.76. The molecule has 0 aliphatic heterocycles. The maximum Gasteiger partial charge on any atom is 0.255 e. The largest absolute Gasteiger partial charge is 0.492 e. The van der Waals surface area contributed by atoms with Gasteiger partial charge in [-0.3, -0.25) is 9.59 Å². The highest BCUT2D eigenvalue weighted by Crippen LogP contribution is 2.32. The molecule has 6 nitrogen and oxygen atoms in total. The zero-order chi connectivity index (χ0) is 21.5. The third-order valence-corrected chi connectivity index (χ3v) is 5.60. The van der Waals surface area contributed by atoms with Gasteiger partial charge < -0.3 is 15.0 Å². The smallest absolute Gasteiger partial charge is 0.255 e. The van der Waals surface area contributed by atoms with Crippen LogP contribution < -0.4 is 15.6 Å². The van der Waals surface area contributed by atoms with Gasteiger partial charge >= 0.3 is 0 Å². The highest BCUT2D eigenvalue weighted by Gasteiger charge is 2.16. The first-order valence-electron chi connectivity index (χ1n) is 9.81. The third kappa shape index (κ3) is 5.51. The summed E-state index contributed by atoms with van der Waals surface area (Å²) < 4.78 is 5.53. The van der Waals surface area contributed by atoms with Gasteiger partial charge in [-0.05, 0) is 38.5 Å². The molecule has 1 unspecified atom stereocenters. The molecule has 1 aromatic heterocycles. The number of aryl methyl sites for hydroxylation is 1. The molecule has 1 amide bonds. The Kier molecular flexibility index (Phi) is 7.30. The number of hydrogen-bond acceptors (Lipinski definition) is 5. The molecule has 0 saturated carbocycles. The monoisotopic (exact) mass is 423 g/mol. The Morgan fingerprint density at radius 1 is 1.17 bits per heavy atom. The van der Waals surface area contributed by atoms with Crippen LogP contribution in [0.15, 0.2) is 64.5 Å². The maximum atomic E-state index is 12.6. The van der Waals surface area contributed by atoms with Crippen LogP contribution in [0.1, 0.15) is 35.9 Å². The minimum Gasteiger partial charge on any atom is -0.492 e. The quantitative estimate of drug-likeness (QED) is 0.411. The Bertz CT molecular complexity index is 1070. The van der Waals surface area contributed by atoms with E-state index >= 15 is 0 Å². The van der Waals surface area contributed by atoms with E-state index in [1.807, 2.05) is 49.4 Å². The maximum absolute atomic E-state index is 12.6. The lowest BCUT2D eigenvalue weighted by Crippen LogP contribution is -2.24. The zero-order valence-corrected chi connectivity index (χ0v) is 18.1. The number of H-pyrrole nitrogens is 1. The van der Waals surface area contributed by atoms with E-state index in [0.717, 1.165) is 5.56 Å². The van der Waals surface area contributed by atoms with Crippen molar-refractivity contribution in [1.29, 1.82) is 0 Å². The Labute approximate surface area is 180 Å². The number of thioether (sulfide) groups is 1. The number of anilines is 1. The number of aromatic amines is 1. The molecule has 0 aliphatic carbocycles. The van der Waals surface area contributed by atoms with E-state index in [1.54, 1.807) is 19.1 Å². The lowest BCUT2D eigenvalue weighted by molar-refractivity contribution is -0.115. The molecule has 0 aliphatic rings. The molecule has 1 atom stereocenters. The lowest BCUT2D eigenvalue weighted by atomic mass is 10.1. The number of amides is 1. The minimum absolute atomic E-state index is 0.0617. The summed E-state index contributed by atoms with van der Waals surface area (Å²) in [5, 5.41) is 3.50. The van der Waals surface area contributed by atoms with E-state index < -0.39 is 0 Å². The highest BCUT2D eigenvalue weighted by molar-refractivity contribution is 7.99. The van der Waals surface area contributed by atoms with Gasteiger partial charge in [-0.1, -0.05) is 54.2 Å². The molecule has 156 valence electrons. The number of carbonyl (C=O) groups excluding carboxylic acids is 1. The second-order valence-corrected chi connectivity index (χ2v) is 8.09. The molecule has 0 spiro atoms. The topological polar surface area (TPSA) is 84.1 Å². The summed E-state index contributed by atoms with van der Waals surface area (Å²) in [6, 6.07) is 17.2. The van der Waals surface area contributed by atoms with Crippen LogP contribution in [-0.4, -0.2) is 22.5 Å². The Hall–Kier alpha value is -3.06. The average Bonchev–Trinajstić information content (AvgIpc) is 2.73. The van der Waals surface area contributed by atoms with Gasteiger partial charge in [-0.25, -0.2) is 4.98 Å².